The second-order valence-electron chi connectivity index (χ2n) is 4.87. The fraction of sp³-hybridized carbons (Fsp3) is 0.250. The highest BCUT2D eigenvalue weighted by Crippen LogP contribution is 2.32. The summed E-state index contributed by atoms with van der Waals surface area (Å²) in [7, 11) is 0. The standard InChI is InChI=1S/C16H15ClFNO2/c1-2-6-19-15(12-5-7-20-16(12)17)14-9-10-8-11(18)3-4-13(10)21-14/h3-5,7-9,15,19H,2,6H2,1H3. The van der Waals surface area contributed by atoms with Crippen LogP contribution in [0.2, 0.25) is 5.22 Å². The molecule has 110 valence electrons. The van der Waals surface area contributed by atoms with Crippen molar-refractivity contribution in [3.63, 3.8) is 0 Å². The number of nitrogens with one attached hydrogen (secondary N) is 1. The second-order valence-corrected chi connectivity index (χ2v) is 5.21. The van der Waals surface area contributed by atoms with Crippen molar-refractivity contribution in [3.05, 3.63) is 59.0 Å². The third-order valence-electron chi connectivity index (χ3n) is 3.34. The first kappa shape index (κ1) is 14.2. The van der Waals surface area contributed by atoms with E-state index >= 15 is 0 Å². The minimum atomic E-state index is -0.283. The Bertz CT molecular complexity index is 750. The summed E-state index contributed by atoms with van der Waals surface area (Å²) in [5.74, 6) is 0.404. The zero-order chi connectivity index (χ0) is 14.8. The van der Waals surface area contributed by atoms with Gasteiger partial charge in [-0.05, 0) is 54.9 Å². The molecule has 2 heterocycles. The number of benzene rings is 1. The molecule has 0 amide bonds. The Balaban J connectivity index is 2.03. The summed E-state index contributed by atoms with van der Waals surface area (Å²) in [5, 5.41) is 4.43. The van der Waals surface area contributed by atoms with Gasteiger partial charge >= 0.3 is 0 Å². The van der Waals surface area contributed by atoms with Crippen LogP contribution in [0.5, 0.6) is 0 Å². The van der Waals surface area contributed by atoms with Crippen LogP contribution in [0.25, 0.3) is 11.0 Å². The zero-order valence-electron chi connectivity index (χ0n) is 11.5. The normalized spacial score (nSPS) is 12.9. The molecule has 0 fully saturated rings. The topological polar surface area (TPSA) is 38.3 Å². The molecule has 5 heteroatoms. The molecule has 3 aromatic rings. The minimum Gasteiger partial charge on any atom is -0.459 e. The number of fused-ring (bicyclic) bond motifs is 1. The lowest BCUT2D eigenvalue weighted by molar-refractivity contribution is 0.465. The molecule has 0 aliphatic rings. The van der Waals surface area contributed by atoms with Gasteiger partial charge in [-0.1, -0.05) is 6.92 Å². The molecule has 0 bridgehead atoms. The number of hydrogen-bond acceptors (Lipinski definition) is 3. The van der Waals surface area contributed by atoms with Gasteiger partial charge in [-0.2, -0.15) is 0 Å². The van der Waals surface area contributed by atoms with Crippen molar-refractivity contribution < 1.29 is 13.2 Å². The molecule has 2 aromatic heterocycles. The van der Waals surface area contributed by atoms with E-state index in [9.17, 15) is 4.39 Å². The molecule has 1 aromatic carbocycles. The predicted molar refractivity (Wildman–Crippen MR) is 80.0 cm³/mol. The van der Waals surface area contributed by atoms with E-state index in [1.165, 1.54) is 12.1 Å². The summed E-state index contributed by atoms with van der Waals surface area (Å²) in [6.45, 7) is 2.88. The predicted octanol–water partition coefficient (Wildman–Crippen LogP) is 4.91. The van der Waals surface area contributed by atoms with Gasteiger partial charge in [0.2, 0.25) is 0 Å². The monoisotopic (exact) mass is 307 g/mol. The fourth-order valence-electron chi connectivity index (χ4n) is 2.34. The van der Waals surface area contributed by atoms with Gasteiger partial charge in [-0.25, -0.2) is 4.39 Å². The van der Waals surface area contributed by atoms with Gasteiger partial charge < -0.3 is 14.2 Å². The van der Waals surface area contributed by atoms with E-state index < -0.39 is 0 Å². The molecular formula is C16H15ClFNO2. The third kappa shape index (κ3) is 2.82. The van der Waals surface area contributed by atoms with Gasteiger partial charge in [0.05, 0.1) is 12.3 Å². The number of hydrogen-bond donors (Lipinski definition) is 1. The van der Waals surface area contributed by atoms with Gasteiger partial charge in [0.1, 0.15) is 17.2 Å². The van der Waals surface area contributed by atoms with E-state index in [1.807, 2.05) is 12.1 Å². The lowest BCUT2D eigenvalue weighted by Gasteiger charge is -2.14. The Hall–Kier alpha value is -1.78. The van der Waals surface area contributed by atoms with Gasteiger partial charge in [-0.3, -0.25) is 0 Å². The molecule has 3 nitrogen and oxygen atoms in total. The number of halogens is 2. The Kier molecular flexibility index (Phi) is 3.99. The van der Waals surface area contributed by atoms with Gasteiger partial charge in [-0.15, -0.1) is 0 Å². The Morgan fingerprint density at radius 2 is 2.14 bits per heavy atom. The van der Waals surface area contributed by atoms with E-state index in [2.05, 4.69) is 12.2 Å². The van der Waals surface area contributed by atoms with Crippen LogP contribution in [0.1, 0.15) is 30.7 Å². The molecule has 0 radical (unpaired) electrons. The fourth-order valence-corrected chi connectivity index (χ4v) is 2.56. The summed E-state index contributed by atoms with van der Waals surface area (Å²) in [5.41, 5.74) is 1.46. The average Bonchev–Trinajstić information content (AvgIpc) is 3.06. The first-order chi connectivity index (χ1) is 10.2. The number of rotatable bonds is 5. The summed E-state index contributed by atoms with van der Waals surface area (Å²) in [4.78, 5) is 0. The van der Waals surface area contributed by atoms with Crippen LogP contribution in [-0.2, 0) is 0 Å². The second kappa shape index (κ2) is 5.92. The van der Waals surface area contributed by atoms with Gasteiger partial charge in [0.15, 0.2) is 5.22 Å². The van der Waals surface area contributed by atoms with E-state index in [4.69, 9.17) is 20.4 Å². The SMILES string of the molecule is CCCNC(c1cc2cc(F)ccc2o1)c1ccoc1Cl. The summed E-state index contributed by atoms with van der Waals surface area (Å²) >= 11 is 6.08. The maximum Gasteiger partial charge on any atom is 0.198 e. The third-order valence-corrected chi connectivity index (χ3v) is 3.64. The Morgan fingerprint density at radius 3 is 2.86 bits per heavy atom. The maximum atomic E-state index is 13.3. The first-order valence-electron chi connectivity index (χ1n) is 6.84. The minimum absolute atomic E-state index is 0.216. The van der Waals surface area contributed by atoms with Crippen molar-refractivity contribution in [1.29, 1.82) is 0 Å². The van der Waals surface area contributed by atoms with Crippen molar-refractivity contribution >= 4 is 22.6 Å². The van der Waals surface area contributed by atoms with E-state index in [0.717, 1.165) is 23.9 Å². The van der Waals surface area contributed by atoms with Crippen molar-refractivity contribution in [2.75, 3.05) is 6.54 Å². The molecule has 1 N–H and O–H groups in total. The van der Waals surface area contributed by atoms with Crippen molar-refractivity contribution in [2.24, 2.45) is 0 Å². The van der Waals surface area contributed by atoms with Gasteiger partial charge in [0.25, 0.3) is 0 Å². The molecule has 0 saturated heterocycles. The molecule has 1 unspecified atom stereocenters. The van der Waals surface area contributed by atoms with E-state index in [-0.39, 0.29) is 11.9 Å². The van der Waals surface area contributed by atoms with E-state index in [0.29, 0.717) is 16.6 Å². The molecule has 0 aliphatic heterocycles. The van der Waals surface area contributed by atoms with Crippen molar-refractivity contribution in [1.82, 2.24) is 5.32 Å². The summed E-state index contributed by atoms with van der Waals surface area (Å²) < 4.78 is 24.3. The average molecular weight is 308 g/mol. The molecule has 1 atom stereocenters. The summed E-state index contributed by atoms with van der Waals surface area (Å²) in [6, 6.07) is 7.89. The van der Waals surface area contributed by atoms with Crippen LogP contribution in [0.4, 0.5) is 4.39 Å². The Morgan fingerprint density at radius 1 is 1.29 bits per heavy atom. The largest absolute Gasteiger partial charge is 0.459 e. The highest BCUT2D eigenvalue weighted by molar-refractivity contribution is 6.29. The van der Waals surface area contributed by atoms with Crippen LogP contribution in [-0.4, -0.2) is 6.54 Å². The van der Waals surface area contributed by atoms with Crippen LogP contribution >= 0.6 is 11.6 Å². The summed E-state index contributed by atoms with van der Waals surface area (Å²) in [6.07, 6.45) is 2.52. The Labute approximate surface area is 126 Å². The molecular weight excluding hydrogens is 293 g/mol. The molecule has 0 spiro atoms. The zero-order valence-corrected chi connectivity index (χ0v) is 12.3. The van der Waals surface area contributed by atoms with Crippen LogP contribution in [0.3, 0.4) is 0 Å². The molecule has 21 heavy (non-hydrogen) atoms. The smallest absolute Gasteiger partial charge is 0.198 e. The molecule has 0 saturated carbocycles. The van der Waals surface area contributed by atoms with Crippen LogP contribution < -0.4 is 5.32 Å². The van der Waals surface area contributed by atoms with E-state index in [1.54, 1.807) is 12.3 Å². The highest BCUT2D eigenvalue weighted by Gasteiger charge is 2.22. The van der Waals surface area contributed by atoms with Gasteiger partial charge in [0, 0.05) is 10.9 Å². The maximum absolute atomic E-state index is 13.3. The van der Waals surface area contributed by atoms with Crippen molar-refractivity contribution in [3.8, 4) is 0 Å². The molecule has 0 aliphatic carbocycles. The quantitative estimate of drug-likeness (QED) is 0.728. The lowest BCUT2D eigenvalue weighted by Crippen LogP contribution is -2.22. The van der Waals surface area contributed by atoms with Crippen LogP contribution in [0, 0.1) is 5.82 Å². The van der Waals surface area contributed by atoms with Crippen molar-refractivity contribution in [2.45, 2.75) is 19.4 Å². The lowest BCUT2D eigenvalue weighted by atomic mass is 10.1. The highest BCUT2D eigenvalue weighted by atomic mass is 35.5. The number of furan rings is 2. The van der Waals surface area contributed by atoms with Crippen LogP contribution in [0.15, 0.2) is 45.4 Å². The first-order valence-corrected chi connectivity index (χ1v) is 7.22. The molecule has 3 rings (SSSR count).